The summed E-state index contributed by atoms with van der Waals surface area (Å²) in [6.45, 7) is 3.45. The van der Waals surface area contributed by atoms with E-state index in [4.69, 9.17) is 4.74 Å². The Balaban J connectivity index is 0.000000244. The van der Waals surface area contributed by atoms with Crippen LogP contribution in [0.5, 0.6) is 0 Å². The maximum Gasteiger partial charge on any atom is 0.408 e. The summed E-state index contributed by atoms with van der Waals surface area (Å²) in [5.74, 6) is 0.557. The molecule has 1 aromatic carbocycles. The Labute approximate surface area is 226 Å². The number of anilines is 3. The van der Waals surface area contributed by atoms with Crippen LogP contribution in [0.4, 0.5) is 35.3 Å². The van der Waals surface area contributed by atoms with Gasteiger partial charge in [0.05, 0.1) is 13.2 Å². The fraction of sp³-hybridized carbons (Fsp3) is 0.462. The summed E-state index contributed by atoms with van der Waals surface area (Å²) < 4.78 is 62.7. The van der Waals surface area contributed by atoms with Gasteiger partial charge in [-0.2, -0.15) is 18.2 Å². The molecule has 1 saturated heterocycles. The molecule has 10 nitrogen and oxygen atoms in total. The van der Waals surface area contributed by atoms with E-state index in [2.05, 4.69) is 15.3 Å². The summed E-state index contributed by atoms with van der Waals surface area (Å²) in [4.78, 5) is 35.2. The Bertz CT molecular complexity index is 1440. The Morgan fingerprint density at radius 1 is 0.975 bits per heavy atom. The highest BCUT2D eigenvalue weighted by molar-refractivity contribution is 5.47. The second-order valence-corrected chi connectivity index (χ2v) is 9.64. The lowest BCUT2D eigenvalue weighted by Gasteiger charge is -2.39. The van der Waals surface area contributed by atoms with E-state index in [1.165, 1.54) is 47.2 Å². The first-order chi connectivity index (χ1) is 19.2. The van der Waals surface area contributed by atoms with Crippen molar-refractivity contribution in [2.24, 2.45) is 0 Å². The fourth-order valence-corrected chi connectivity index (χ4v) is 4.95. The number of nitrogens with zero attached hydrogens (tertiary/aromatic N) is 6. The molecule has 0 unspecified atom stereocenters. The van der Waals surface area contributed by atoms with Crippen molar-refractivity contribution in [2.45, 2.75) is 44.7 Å². The molecule has 0 bridgehead atoms. The van der Waals surface area contributed by atoms with Crippen LogP contribution in [0, 0.1) is 5.82 Å². The fourth-order valence-electron chi connectivity index (χ4n) is 4.95. The second kappa shape index (κ2) is 11.7. The zero-order valence-electron chi connectivity index (χ0n) is 21.6. The standard InChI is InChI=1S/C19H20F4N4O2.C7H9N3O/c20-14-3-1-13(2-4-14)12-27-15(19(21,22)23)5-6-26-17(28)11-16(24-18(26)27)25-7-9-29-10-8-25;11-6-2-4-9-7-8-3-1-5-10(6)7/h1-4,11,15H,5-10,12H2;2,4H,1,3,5H2,(H,8,9)/t15-;/m0./s1. The minimum absolute atomic E-state index is 0.0168. The molecule has 6 rings (SSSR count). The number of benzene rings is 1. The Hall–Kier alpha value is -3.94. The Kier molecular flexibility index (Phi) is 8.05. The zero-order valence-corrected chi connectivity index (χ0v) is 21.6. The second-order valence-electron chi connectivity index (χ2n) is 9.64. The van der Waals surface area contributed by atoms with Crippen LogP contribution in [-0.4, -0.2) is 64.2 Å². The molecule has 14 heteroatoms. The van der Waals surface area contributed by atoms with Crippen molar-refractivity contribution in [2.75, 3.05) is 48.0 Å². The molecule has 40 heavy (non-hydrogen) atoms. The zero-order chi connectivity index (χ0) is 28.3. The summed E-state index contributed by atoms with van der Waals surface area (Å²) in [5.41, 5.74) is 0.142. The normalized spacial score (nSPS) is 18.6. The largest absolute Gasteiger partial charge is 0.408 e. The average Bonchev–Trinajstić information content (AvgIpc) is 2.95. The Morgan fingerprint density at radius 2 is 1.73 bits per heavy atom. The predicted molar refractivity (Wildman–Crippen MR) is 140 cm³/mol. The van der Waals surface area contributed by atoms with Gasteiger partial charge in [-0.05, 0) is 30.5 Å². The molecule has 1 fully saturated rings. The molecule has 214 valence electrons. The molecular weight excluding hydrogens is 534 g/mol. The highest BCUT2D eigenvalue weighted by Crippen LogP contribution is 2.35. The summed E-state index contributed by atoms with van der Waals surface area (Å²) in [5, 5.41) is 3.06. The molecule has 0 saturated carbocycles. The monoisotopic (exact) mass is 563 g/mol. The number of halogens is 4. The van der Waals surface area contributed by atoms with Gasteiger partial charge in [-0.15, -0.1) is 0 Å². The molecule has 3 aliphatic rings. The van der Waals surface area contributed by atoms with Crippen molar-refractivity contribution in [3.63, 3.8) is 0 Å². The molecule has 1 atom stereocenters. The highest BCUT2D eigenvalue weighted by atomic mass is 19.4. The van der Waals surface area contributed by atoms with E-state index in [0.29, 0.717) is 43.6 Å². The van der Waals surface area contributed by atoms with Gasteiger partial charge >= 0.3 is 6.18 Å². The van der Waals surface area contributed by atoms with Crippen LogP contribution < -0.4 is 26.2 Å². The first-order valence-corrected chi connectivity index (χ1v) is 13.0. The van der Waals surface area contributed by atoms with Crippen molar-refractivity contribution in [3.8, 4) is 0 Å². The van der Waals surface area contributed by atoms with E-state index in [-0.39, 0.29) is 36.6 Å². The number of ether oxygens (including phenoxy) is 1. The maximum atomic E-state index is 13.8. The third kappa shape index (κ3) is 6.11. The first-order valence-electron chi connectivity index (χ1n) is 13.0. The van der Waals surface area contributed by atoms with Gasteiger partial charge in [0, 0.05) is 57.6 Å². The van der Waals surface area contributed by atoms with E-state index in [0.717, 1.165) is 24.4 Å². The van der Waals surface area contributed by atoms with Crippen LogP contribution in [0.3, 0.4) is 0 Å². The van der Waals surface area contributed by atoms with E-state index in [1.807, 2.05) is 4.90 Å². The van der Waals surface area contributed by atoms with Gasteiger partial charge < -0.3 is 19.9 Å². The van der Waals surface area contributed by atoms with Gasteiger partial charge in [-0.3, -0.25) is 18.7 Å². The predicted octanol–water partition coefficient (Wildman–Crippen LogP) is 2.62. The van der Waals surface area contributed by atoms with Crippen molar-refractivity contribution >= 4 is 17.7 Å². The molecule has 0 spiro atoms. The van der Waals surface area contributed by atoms with Crippen molar-refractivity contribution in [1.82, 2.24) is 19.1 Å². The van der Waals surface area contributed by atoms with E-state index >= 15 is 0 Å². The van der Waals surface area contributed by atoms with Crippen molar-refractivity contribution < 1.29 is 22.3 Å². The molecule has 5 heterocycles. The van der Waals surface area contributed by atoms with Gasteiger partial charge in [0.25, 0.3) is 11.1 Å². The summed E-state index contributed by atoms with van der Waals surface area (Å²) in [6.07, 6.45) is -2.21. The molecule has 3 aromatic rings. The number of morpholine rings is 1. The molecular formula is C26H29F4N7O3. The lowest BCUT2D eigenvalue weighted by Crippen LogP contribution is -2.52. The smallest absolute Gasteiger partial charge is 0.378 e. The maximum absolute atomic E-state index is 13.8. The first kappa shape index (κ1) is 27.6. The number of fused-ring (bicyclic) bond motifs is 2. The number of hydrogen-bond donors (Lipinski definition) is 1. The molecule has 0 amide bonds. The summed E-state index contributed by atoms with van der Waals surface area (Å²) in [7, 11) is 0. The van der Waals surface area contributed by atoms with Gasteiger partial charge in [0.1, 0.15) is 17.7 Å². The lowest BCUT2D eigenvalue weighted by atomic mass is 10.1. The van der Waals surface area contributed by atoms with Gasteiger partial charge in [-0.25, -0.2) is 9.37 Å². The van der Waals surface area contributed by atoms with Gasteiger partial charge in [0.2, 0.25) is 11.9 Å². The number of rotatable bonds is 3. The number of nitrogens with one attached hydrogen (secondary N) is 1. The number of aromatic nitrogens is 4. The van der Waals surface area contributed by atoms with Crippen LogP contribution in [-0.2, 0) is 24.4 Å². The minimum Gasteiger partial charge on any atom is -0.378 e. The van der Waals surface area contributed by atoms with Crippen molar-refractivity contribution in [1.29, 1.82) is 0 Å². The quantitative estimate of drug-likeness (QED) is 0.486. The topological polar surface area (TPSA) is 97.5 Å². The summed E-state index contributed by atoms with van der Waals surface area (Å²) in [6, 6.07) is 6.34. The molecule has 0 aliphatic carbocycles. The van der Waals surface area contributed by atoms with Crippen LogP contribution in [0.25, 0.3) is 0 Å². The number of hydrogen-bond acceptors (Lipinski definition) is 8. The summed E-state index contributed by atoms with van der Waals surface area (Å²) >= 11 is 0. The van der Waals surface area contributed by atoms with Gasteiger partial charge in [-0.1, -0.05) is 12.1 Å². The van der Waals surface area contributed by atoms with Crippen LogP contribution >= 0.6 is 0 Å². The molecule has 3 aliphatic heterocycles. The minimum atomic E-state index is -4.49. The molecule has 2 aromatic heterocycles. The Morgan fingerprint density at radius 3 is 2.42 bits per heavy atom. The average molecular weight is 564 g/mol. The molecule has 0 radical (unpaired) electrons. The highest BCUT2D eigenvalue weighted by Gasteiger charge is 2.47. The van der Waals surface area contributed by atoms with E-state index < -0.39 is 18.0 Å². The third-order valence-electron chi connectivity index (χ3n) is 6.99. The van der Waals surface area contributed by atoms with Gasteiger partial charge in [0.15, 0.2) is 0 Å². The van der Waals surface area contributed by atoms with Crippen LogP contribution in [0.2, 0.25) is 0 Å². The lowest BCUT2D eigenvalue weighted by molar-refractivity contribution is -0.153. The van der Waals surface area contributed by atoms with Crippen molar-refractivity contribution in [3.05, 3.63) is 74.7 Å². The SMILES string of the molecule is O=c1cc(N2CCOCC2)nc2n1CC[C@@H](C(F)(F)F)N2Cc1ccc(F)cc1.O=c1ccnc2n1CCCN2. The van der Waals surface area contributed by atoms with E-state index in [9.17, 15) is 27.2 Å². The van der Waals surface area contributed by atoms with Crippen LogP contribution in [0.1, 0.15) is 18.4 Å². The van der Waals surface area contributed by atoms with Crippen LogP contribution in [0.15, 0.2) is 52.2 Å². The number of alkyl halides is 3. The third-order valence-corrected chi connectivity index (χ3v) is 6.99. The van der Waals surface area contributed by atoms with E-state index in [1.54, 1.807) is 4.57 Å². The molecule has 1 N–H and O–H groups in total.